The molecule has 2 aromatic rings. The van der Waals surface area contributed by atoms with Crippen molar-refractivity contribution in [1.82, 2.24) is 4.90 Å². The molecule has 2 aromatic carbocycles. The van der Waals surface area contributed by atoms with Gasteiger partial charge in [0, 0.05) is 24.7 Å². The molecule has 2 rings (SSSR count). The number of hydrogen-bond acceptors (Lipinski definition) is 3. The Labute approximate surface area is 131 Å². The van der Waals surface area contributed by atoms with Gasteiger partial charge in [0.25, 0.3) is 0 Å². The van der Waals surface area contributed by atoms with Gasteiger partial charge in [-0.1, -0.05) is 35.9 Å². The summed E-state index contributed by atoms with van der Waals surface area (Å²) in [5, 5.41) is 0.774. The van der Waals surface area contributed by atoms with Crippen molar-refractivity contribution in [3.63, 3.8) is 0 Å². The number of nitrogens with zero attached hydrogens (tertiary/aromatic N) is 1. The lowest BCUT2D eigenvalue weighted by Crippen LogP contribution is -2.23. The van der Waals surface area contributed by atoms with E-state index in [4.69, 9.17) is 22.1 Å². The predicted octanol–water partition coefficient (Wildman–Crippen LogP) is 3.31. The molecule has 0 unspecified atom stereocenters. The fourth-order valence-electron chi connectivity index (χ4n) is 2.11. The van der Waals surface area contributed by atoms with Gasteiger partial charge < -0.3 is 10.5 Å². The SMILES string of the molecule is CN(CCOc1cccc(CN)c1)Cc1cccc(Cl)c1. The molecule has 112 valence electrons. The average molecular weight is 305 g/mol. The van der Waals surface area contributed by atoms with Gasteiger partial charge in [0.2, 0.25) is 0 Å². The third-order valence-corrected chi connectivity index (χ3v) is 3.45. The summed E-state index contributed by atoms with van der Waals surface area (Å²) in [6, 6.07) is 15.8. The predicted molar refractivity (Wildman–Crippen MR) is 87.6 cm³/mol. The van der Waals surface area contributed by atoms with Crippen LogP contribution in [0, 0.1) is 0 Å². The second-order valence-corrected chi connectivity index (χ2v) is 5.50. The largest absolute Gasteiger partial charge is 0.492 e. The highest BCUT2D eigenvalue weighted by Crippen LogP contribution is 2.14. The van der Waals surface area contributed by atoms with Crippen LogP contribution < -0.4 is 10.5 Å². The molecule has 2 N–H and O–H groups in total. The first-order valence-corrected chi connectivity index (χ1v) is 7.40. The van der Waals surface area contributed by atoms with E-state index >= 15 is 0 Å². The van der Waals surface area contributed by atoms with Crippen LogP contribution in [-0.2, 0) is 13.1 Å². The van der Waals surface area contributed by atoms with E-state index in [1.165, 1.54) is 5.56 Å². The Hall–Kier alpha value is -1.55. The van der Waals surface area contributed by atoms with Crippen molar-refractivity contribution in [3.05, 3.63) is 64.7 Å². The third kappa shape index (κ3) is 5.38. The lowest BCUT2D eigenvalue weighted by atomic mass is 10.2. The van der Waals surface area contributed by atoms with E-state index in [0.29, 0.717) is 13.2 Å². The summed E-state index contributed by atoms with van der Waals surface area (Å²) >= 11 is 5.99. The van der Waals surface area contributed by atoms with Gasteiger partial charge in [0.1, 0.15) is 12.4 Å². The van der Waals surface area contributed by atoms with Gasteiger partial charge in [-0.2, -0.15) is 0 Å². The van der Waals surface area contributed by atoms with E-state index in [2.05, 4.69) is 18.0 Å². The summed E-state index contributed by atoms with van der Waals surface area (Å²) in [5.74, 6) is 0.870. The molecule has 0 bridgehead atoms. The normalized spacial score (nSPS) is 10.9. The summed E-state index contributed by atoms with van der Waals surface area (Å²) < 4.78 is 5.76. The van der Waals surface area contributed by atoms with Gasteiger partial charge in [0.05, 0.1) is 0 Å². The minimum atomic E-state index is 0.534. The molecule has 0 aromatic heterocycles. The average Bonchev–Trinajstić information content (AvgIpc) is 2.47. The Morgan fingerprint density at radius 2 is 1.86 bits per heavy atom. The summed E-state index contributed by atoms with van der Waals surface area (Å²) in [4.78, 5) is 2.21. The van der Waals surface area contributed by atoms with Crippen LogP contribution in [0.15, 0.2) is 48.5 Å². The van der Waals surface area contributed by atoms with Crippen LogP contribution in [0.3, 0.4) is 0 Å². The maximum Gasteiger partial charge on any atom is 0.119 e. The summed E-state index contributed by atoms with van der Waals surface area (Å²) in [7, 11) is 2.07. The molecule has 3 nitrogen and oxygen atoms in total. The first kappa shape index (κ1) is 15.8. The quantitative estimate of drug-likeness (QED) is 0.853. The molecule has 0 atom stereocenters. The van der Waals surface area contributed by atoms with Crippen molar-refractivity contribution in [2.75, 3.05) is 20.2 Å². The maximum absolute atomic E-state index is 5.99. The van der Waals surface area contributed by atoms with Gasteiger partial charge in [-0.25, -0.2) is 0 Å². The maximum atomic E-state index is 5.99. The smallest absolute Gasteiger partial charge is 0.119 e. The van der Waals surface area contributed by atoms with Crippen LogP contribution in [0.2, 0.25) is 5.02 Å². The first-order chi connectivity index (χ1) is 10.2. The first-order valence-electron chi connectivity index (χ1n) is 7.02. The summed E-state index contributed by atoms with van der Waals surface area (Å²) in [6.45, 7) is 2.88. The number of rotatable bonds is 7. The van der Waals surface area contributed by atoms with Gasteiger partial charge >= 0.3 is 0 Å². The van der Waals surface area contributed by atoms with Gasteiger partial charge in [0.15, 0.2) is 0 Å². The van der Waals surface area contributed by atoms with Crippen LogP contribution in [0.1, 0.15) is 11.1 Å². The summed E-state index contributed by atoms with van der Waals surface area (Å²) in [6.07, 6.45) is 0. The molecule has 0 heterocycles. The second-order valence-electron chi connectivity index (χ2n) is 5.07. The molecule has 0 amide bonds. The molecule has 0 aliphatic rings. The number of nitrogens with two attached hydrogens (primary N) is 1. The zero-order valence-electron chi connectivity index (χ0n) is 12.3. The van der Waals surface area contributed by atoms with Crippen LogP contribution in [-0.4, -0.2) is 25.1 Å². The number of likely N-dealkylation sites (N-methyl/N-ethyl adjacent to an activating group) is 1. The fraction of sp³-hybridized carbons (Fsp3) is 0.294. The monoisotopic (exact) mass is 304 g/mol. The number of halogens is 1. The lowest BCUT2D eigenvalue weighted by Gasteiger charge is -2.17. The minimum Gasteiger partial charge on any atom is -0.492 e. The zero-order chi connectivity index (χ0) is 15.1. The minimum absolute atomic E-state index is 0.534. The van der Waals surface area contributed by atoms with Crippen LogP contribution in [0.4, 0.5) is 0 Å². The fourth-order valence-corrected chi connectivity index (χ4v) is 2.32. The van der Waals surface area contributed by atoms with Gasteiger partial charge in [-0.3, -0.25) is 4.90 Å². The van der Waals surface area contributed by atoms with E-state index in [1.807, 2.05) is 42.5 Å². The molecule has 0 spiro atoms. The van der Waals surface area contributed by atoms with Crippen LogP contribution in [0.25, 0.3) is 0 Å². The van der Waals surface area contributed by atoms with Crippen molar-refractivity contribution in [1.29, 1.82) is 0 Å². The molecule has 0 radical (unpaired) electrons. The van der Waals surface area contributed by atoms with Crippen molar-refractivity contribution in [2.45, 2.75) is 13.1 Å². The molecule has 21 heavy (non-hydrogen) atoms. The molecular formula is C17H21ClN2O. The van der Waals surface area contributed by atoms with Crippen molar-refractivity contribution < 1.29 is 4.74 Å². The lowest BCUT2D eigenvalue weighted by molar-refractivity contribution is 0.233. The van der Waals surface area contributed by atoms with E-state index in [1.54, 1.807) is 0 Å². The second kappa shape index (κ2) is 8.03. The van der Waals surface area contributed by atoms with Gasteiger partial charge in [-0.05, 0) is 42.4 Å². The Morgan fingerprint density at radius 3 is 2.62 bits per heavy atom. The number of ether oxygens (including phenoxy) is 1. The van der Waals surface area contributed by atoms with E-state index < -0.39 is 0 Å². The molecule has 4 heteroatoms. The standard InChI is InChI=1S/C17H21ClN2O/c1-20(13-15-5-2-6-16(18)10-15)8-9-21-17-7-3-4-14(11-17)12-19/h2-7,10-11H,8-9,12-13,19H2,1H3. The molecule has 0 aliphatic heterocycles. The highest BCUT2D eigenvalue weighted by molar-refractivity contribution is 6.30. The Morgan fingerprint density at radius 1 is 1.10 bits per heavy atom. The topological polar surface area (TPSA) is 38.5 Å². The summed E-state index contributed by atoms with van der Waals surface area (Å²) in [5.41, 5.74) is 7.91. The highest BCUT2D eigenvalue weighted by Gasteiger charge is 2.02. The van der Waals surface area contributed by atoms with Gasteiger partial charge in [-0.15, -0.1) is 0 Å². The molecule has 0 saturated heterocycles. The molecule has 0 aliphatic carbocycles. The molecule has 0 saturated carbocycles. The Bertz CT molecular complexity index is 574. The van der Waals surface area contributed by atoms with E-state index in [0.717, 1.165) is 29.4 Å². The Kier molecular flexibility index (Phi) is 6.05. The van der Waals surface area contributed by atoms with E-state index in [-0.39, 0.29) is 0 Å². The number of benzene rings is 2. The van der Waals surface area contributed by atoms with E-state index in [9.17, 15) is 0 Å². The molecule has 0 fully saturated rings. The van der Waals surface area contributed by atoms with Crippen molar-refractivity contribution >= 4 is 11.6 Å². The molecular weight excluding hydrogens is 284 g/mol. The highest BCUT2D eigenvalue weighted by atomic mass is 35.5. The van der Waals surface area contributed by atoms with Crippen molar-refractivity contribution in [3.8, 4) is 5.75 Å². The van der Waals surface area contributed by atoms with Crippen molar-refractivity contribution in [2.24, 2.45) is 5.73 Å². The van der Waals surface area contributed by atoms with Crippen LogP contribution in [0.5, 0.6) is 5.75 Å². The Balaban J connectivity index is 1.77. The van der Waals surface area contributed by atoms with Crippen LogP contribution >= 0.6 is 11.6 Å². The zero-order valence-corrected chi connectivity index (χ0v) is 13.0. The third-order valence-electron chi connectivity index (χ3n) is 3.22. The number of hydrogen-bond donors (Lipinski definition) is 1.